The monoisotopic (exact) mass is 311 g/mol. The molecule has 0 aliphatic heterocycles. The molecule has 1 atom stereocenters. The van der Waals surface area contributed by atoms with Crippen molar-refractivity contribution in [3.05, 3.63) is 28.8 Å². The fraction of sp³-hybridized carbons (Fsp3) is 0.467. The molecule has 3 N–H and O–H groups in total. The molecule has 0 aliphatic rings. The second-order valence-electron chi connectivity index (χ2n) is 5.62. The lowest BCUT2D eigenvalue weighted by Crippen LogP contribution is -2.36. The molecular formula is C15H22ClN3O2. The van der Waals surface area contributed by atoms with Crippen molar-refractivity contribution in [2.24, 2.45) is 11.7 Å². The number of amides is 2. The van der Waals surface area contributed by atoms with E-state index in [1.54, 1.807) is 32.3 Å². The molecule has 0 fully saturated rings. The van der Waals surface area contributed by atoms with E-state index in [4.69, 9.17) is 17.3 Å². The molecule has 0 spiro atoms. The molecule has 1 aromatic rings. The first-order valence-corrected chi connectivity index (χ1v) is 7.17. The van der Waals surface area contributed by atoms with Crippen molar-refractivity contribution in [3.63, 3.8) is 0 Å². The van der Waals surface area contributed by atoms with E-state index in [-0.39, 0.29) is 11.8 Å². The molecule has 0 saturated heterocycles. The van der Waals surface area contributed by atoms with Crippen LogP contribution in [0.1, 0.15) is 30.6 Å². The van der Waals surface area contributed by atoms with Gasteiger partial charge in [0.2, 0.25) is 5.91 Å². The van der Waals surface area contributed by atoms with Crippen LogP contribution in [-0.2, 0) is 4.79 Å². The van der Waals surface area contributed by atoms with Crippen LogP contribution in [0.4, 0.5) is 5.69 Å². The molecule has 1 aromatic carbocycles. The van der Waals surface area contributed by atoms with E-state index >= 15 is 0 Å². The standard InChI is InChI=1S/C15H22ClN3O2/c1-9(2)7-13(17)14(20)18-10-5-6-12(16)11(8-10)15(21)19(3)4/h5-6,8-9,13H,7,17H2,1-4H3,(H,18,20)/t13-/m1/s1. The van der Waals surface area contributed by atoms with Crippen molar-refractivity contribution < 1.29 is 9.59 Å². The summed E-state index contributed by atoms with van der Waals surface area (Å²) >= 11 is 6.02. The molecule has 0 aromatic heterocycles. The van der Waals surface area contributed by atoms with Gasteiger partial charge in [0.15, 0.2) is 0 Å². The molecule has 5 nitrogen and oxygen atoms in total. The number of benzene rings is 1. The maximum absolute atomic E-state index is 12.0. The van der Waals surface area contributed by atoms with Gasteiger partial charge in [0, 0.05) is 19.8 Å². The van der Waals surface area contributed by atoms with Gasteiger partial charge in [-0.2, -0.15) is 0 Å². The Kier molecular flexibility index (Phi) is 6.18. The lowest BCUT2D eigenvalue weighted by Gasteiger charge is -2.16. The third kappa shape index (κ3) is 5.02. The van der Waals surface area contributed by atoms with Gasteiger partial charge in [0.1, 0.15) is 0 Å². The van der Waals surface area contributed by atoms with E-state index in [2.05, 4.69) is 5.32 Å². The molecule has 21 heavy (non-hydrogen) atoms. The van der Waals surface area contributed by atoms with Crippen LogP contribution >= 0.6 is 11.6 Å². The number of carbonyl (C=O) groups is 2. The zero-order valence-corrected chi connectivity index (χ0v) is 13.6. The van der Waals surface area contributed by atoms with E-state index in [0.717, 1.165) is 0 Å². The average molecular weight is 312 g/mol. The molecule has 0 aliphatic carbocycles. The fourth-order valence-corrected chi connectivity index (χ4v) is 2.06. The fourth-order valence-electron chi connectivity index (χ4n) is 1.86. The summed E-state index contributed by atoms with van der Waals surface area (Å²) < 4.78 is 0. The van der Waals surface area contributed by atoms with Gasteiger partial charge in [-0.3, -0.25) is 9.59 Å². The maximum Gasteiger partial charge on any atom is 0.254 e. The Morgan fingerprint density at radius 1 is 1.33 bits per heavy atom. The van der Waals surface area contributed by atoms with Crippen LogP contribution < -0.4 is 11.1 Å². The first-order valence-electron chi connectivity index (χ1n) is 6.80. The Hall–Kier alpha value is -1.59. The van der Waals surface area contributed by atoms with Gasteiger partial charge in [-0.1, -0.05) is 25.4 Å². The zero-order chi connectivity index (χ0) is 16.2. The highest BCUT2D eigenvalue weighted by atomic mass is 35.5. The predicted octanol–water partition coefficient (Wildman–Crippen LogP) is 2.35. The van der Waals surface area contributed by atoms with E-state index in [9.17, 15) is 9.59 Å². The number of nitrogens with zero attached hydrogens (tertiary/aromatic N) is 1. The van der Waals surface area contributed by atoms with Gasteiger partial charge in [-0.05, 0) is 30.5 Å². The number of carbonyl (C=O) groups excluding carboxylic acids is 2. The summed E-state index contributed by atoms with van der Waals surface area (Å²) in [6.07, 6.45) is 0.600. The minimum atomic E-state index is -0.575. The Labute approximate surface area is 130 Å². The topological polar surface area (TPSA) is 75.4 Å². The van der Waals surface area contributed by atoms with Crippen molar-refractivity contribution >= 4 is 29.1 Å². The number of anilines is 1. The summed E-state index contributed by atoms with van der Waals surface area (Å²) in [7, 11) is 3.28. The van der Waals surface area contributed by atoms with Crippen molar-refractivity contribution in [1.82, 2.24) is 4.90 Å². The Morgan fingerprint density at radius 3 is 2.48 bits per heavy atom. The van der Waals surface area contributed by atoms with E-state index in [0.29, 0.717) is 28.6 Å². The summed E-state index contributed by atoms with van der Waals surface area (Å²) in [4.78, 5) is 25.4. The highest BCUT2D eigenvalue weighted by Crippen LogP contribution is 2.22. The average Bonchev–Trinajstić information content (AvgIpc) is 2.39. The van der Waals surface area contributed by atoms with Gasteiger partial charge in [-0.15, -0.1) is 0 Å². The molecule has 2 amide bonds. The molecule has 0 heterocycles. The van der Waals surface area contributed by atoms with E-state index < -0.39 is 6.04 Å². The Balaban J connectivity index is 2.88. The molecule has 0 saturated carbocycles. The molecule has 116 valence electrons. The van der Waals surface area contributed by atoms with Crippen molar-refractivity contribution in [3.8, 4) is 0 Å². The molecule has 0 bridgehead atoms. The minimum absolute atomic E-state index is 0.220. The number of halogens is 1. The zero-order valence-electron chi connectivity index (χ0n) is 12.8. The highest BCUT2D eigenvalue weighted by Gasteiger charge is 2.17. The van der Waals surface area contributed by atoms with Gasteiger partial charge in [0.25, 0.3) is 5.91 Å². The van der Waals surface area contributed by atoms with Crippen molar-refractivity contribution in [2.45, 2.75) is 26.3 Å². The Bertz CT molecular complexity index is 530. The van der Waals surface area contributed by atoms with Crippen LogP contribution in [0.2, 0.25) is 5.02 Å². The molecule has 0 radical (unpaired) electrons. The number of hydrogen-bond acceptors (Lipinski definition) is 3. The van der Waals surface area contributed by atoms with Crippen LogP contribution in [0.5, 0.6) is 0 Å². The maximum atomic E-state index is 12.0. The number of rotatable bonds is 5. The SMILES string of the molecule is CC(C)C[C@@H](N)C(=O)Nc1ccc(Cl)c(C(=O)N(C)C)c1. The summed E-state index contributed by atoms with van der Waals surface area (Å²) in [6.45, 7) is 4.01. The number of hydrogen-bond donors (Lipinski definition) is 2. The summed E-state index contributed by atoms with van der Waals surface area (Å²) in [5.41, 5.74) is 6.68. The molecular weight excluding hydrogens is 290 g/mol. The van der Waals surface area contributed by atoms with Crippen LogP contribution in [0.15, 0.2) is 18.2 Å². The number of nitrogens with two attached hydrogens (primary N) is 1. The normalized spacial score (nSPS) is 12.1. The van der Waals surface area contributed by atoms with Crippen molar-refractivity contribution in [1.29, 1.82) is 0 Å². The third-order valence-electron chi connectivity index (χ3n) is 2.93. The second-order valence-corrected chi connectivity index (χ2v) is 6.03. The lowest BCUT2D eigenvalue weighted by molar-refractivity contribution is -0.117. The van der Waals surface area contributed by atoms with Gasteiger partial charge in [-0.25, -0.2) is 0 Å². The van der Waals surface area contributed by atoms with Crippen molar-refractivity contribution in [2.75, 3.05) is 19.4 Å². The minimum Gasteiger partial charge on any atom is -0.345 e. The second kappa shape index (κ2) is 7.43. The Morgan fingerprint density at radius 2 is 1.95 bits per heavy atom. The van der Waals surface area contributed by atoms with E-state index in [1.165, 1.54) is 4.90 Å². The first kappa shape index (κ1) is 17.5. The first-order chi connectivity index (χ1) is 9.72. The molecule has 0 unspecified atom stereocenters. The lowest BCUT2D eigenvalue weighted by atomic mass is 10.0. The highest BCUT2D eigenvalue weighted by molar-refractivity contribution is 6.34. The summed E-state index contributed by atoms with van der Waals surface area (Å²) in [5, 5.41) is 3.06. The van der Waals surface area contributed by atoms with Crippen LogP contribution in [0.3, 0.4) is 0 Å². The predicted molar refractivity (Wildman–Crippen MR) is 85.5 cm³/mol. The quantitative estimate of drug-likeness (QED) is 0.876. The summed E-state index contributed by atoms with van der Waals surface area (Å²) in [5.74, 6) is -0.154. The van der Waals surface area contributed by atoms with Gasteiger partial charge >= 0.3 is 0 Å². The smallest absolute Gasteiger partial charge is 0.254 e. The van der Waals surface area contributed by atoms with Crippen LogP contribution in [0.25, 0.3) is 0 Å². The third-order valence-corrected chi connectivity index (χ3v) is 3.26. The van der Waals surface area contributed by atoms with Crippen LogP contribution in [0, 0.1) is 5.92 Å². The van der Waals surface area contributed by atoms with E-state index in [1.807, 2.05) is 13.8 Å². The van der Waals surface area contributed by atoms with Crippen LogP contribution in [-0.4, -0.2) is 36.9 Å². The molecule has 6 heteroatoms. The summed E-state index contributed by atoms with van der Waals surface area (Å²) in [6, 6.07) is 4.22. The molecule has 1 rings (SSSR count). The van der Waals surface area contributed by atoms with Gasteiger partial charge < -0.3 is 16.0 Å². The largest absolute Gasteiger partial charge is 0.345 e. The van der Waals surface area contributed by atoms with Gasteiger partial charge in [0.05, 0.1) is 16.6 Å². The number of nitrogens with one attached hydrogen (secondary N) is 1.